The number of nitrogens with zero attached hydrogens (tertiary/aromatic N) is 4. The van der Waals surface area contributed by atoms with Gasteiger partial charge in [0.15, 0.2) is 17.1 Å². The van der Waals surface area contributed by atoms with Gasteiger partial charge >= 0.3 is 0 Å². The molecule has 0 saturated heterocycles. The second-order valence-electron chi connectivity index (χ2n) is 6.00. The van der Waals surface area contributed by atoms with Crippen molar-refractivity contribution in [1.29, 1.82) is 0 Å². The summed E-state index contributed by atoms with van der Waals surface area (Å²) in [6.45, 7) is 0. The summed E-state index contributed by atoms with van der Waals surface area (Å²) in [5, 5.41) is 4.47. The monoisotopic (exact) mass is 395 g/mol. The van der Waals surface area contributed by atoms with Crippen molar-refractivity contribution < 1.29 is 19.0 Å². The van der Waals surface area contributed by atoms with Crippen molar-refractivity contribution in [2.75, 3.05) is 26.8 Å². The van der Waals surface area contributed by atoms with E-state index in [-0.39, 0.29) is 5.56 Å². The average molecular weight is 395 g/mol. The lowest BCUT2D eigenvalue weighted by atomic mass is 10.1. The van der Waals surface area contributed by atoms with Crippen molar-refractivity contribution >= 4 is 22.5 Å². The first-order valence-corrected chi connectivity index (χ1v) is 8.53. The number of amides is 1. The van der Waals surface area contributed by atoms with Gasteiger partial charge in [0.05, 0.1) is 38.4 Å². The molecule has 10 heteroatoms. The summed E-state index contributed by atoms with van der Waals surface area (Å²) in [7, 11) is 4.38. The third-order valence-electron chi connectivity index (χ3n) is 4.43. The lowest BCUT2D eigenvalue weighted by Gasteiger charge is -2.14. The first-order chi connectivity index (χ1) is 14.1. The summed E-state index contributed by atoms with van der Waals surface area (Å²) in [4.78, 5) is 29.8. The zero-order valence-electron chi connectivity index (χ0n) is 15.9. The normalized spacial score (nSPS) is 10.9. The van der Waals surface area contributed by atoms with Crippen LogP contribution in [0.2, 0.25) is 0 Å². The van der Waals surface area contributed by atoms with E-state index < -0.39 is 11.5 Å². The van der Waals surface area contributed by atoms with Crippen LogP contribution in [-0.2, 0) is 0 Å². The molecule has 0 radical (unpaired) electrons. The van der Waals surface area contributed by atoms with Crippen LogP contribution in [0.15, 0.2) is 47.7 Å². The second kappa shape index (κ2) is 7.15. The molecule has 10 nitrogen and oxygen atoms in total. The van der Waals surface area contributed by atoms with Crippen LogP contribution in [0.1, 0.15) is 10.4 Å². The molecule has 0 aliphatic heterocycles. The number of carbonyl (C=O) groups excluding carboxylic acids is 1. The highest BCUT2D eigenvalue weighted by molar-refractivity contribution is 6.01. The van der Waals surface area contributed by atoms with Gasteiger partial charge in [0.25, 0.3) is 11.5 Å². The smallest absolute Gasteiger partial charge is 0.280 e. The van der Waals surface area contributed by atoms with Crippen molar-refractivity contribution in [3.8, 4) is 17.2 Å². The summed E-state index contributed by atoms with van der Waals surface area (Å²) in [5.74, 6) is 0.490. The molecule has 1 N–H and O–H groups in total. The molecule has 0 saturated carbocycles. The number of hydrogen-bond acceptors (Lipinski definition) is 7. The standard InChI is InChI=1S/C19H17N5O5/c1-27-14-8-11(9-15(28-2)17(14)29-3)18(25)22-23-7-5-13-12(19(23)26)10-20-16-4-6-21-24(13)16/h4-10H,1-3H3,(H,22,25). The number of nitrogens with one attached hydrogen (secondary N) is 1. The molecule has 4 aromatic rings. The average Bonchev–Trinajstić information content (AvgIpc) is 3.23. The predicted octanol–water partition coefficient (Wildman–Crippen LogP) is 1.45. The summed E-state index contributed by atoms with van der Waals surface area (Å²) in [6, 6.07) is 6.40. The molecule has 148 valence electrons. The molecular weight excluding hydrogens is 378 g/mol. The SMILES string of the molecule is COc1cc(C(=O)Nn2ccc3c(cnc4ccnn43)c2=O)cc(OC)c1OC. The number of hydrogen-bond donors (Lipinski definition) is 1. The van der Waals surface area contributed by atoms with Crippen LogP contribution in [0.5, 0.6) is 17.2 Å². The van der Waals surface area contributed by atoms with Crippen LogP contribution >= 0.6 is 0 Å². The second-order valence-corrected chi connectivity index (χ2v) is 6.00. The van der Waals surface area contributed by atoms with Crippen molar-refractivity contribution in [3.63, 3.8) is 0 Å². The summed E-state index contributed by atoms with van der Waals surface area (Å²) in [5.41, 5.74) is 3.56. The van der Waals surface area contributed by atoms with Crippen LogP contribution in [0.4, 0.5) is 0 Å². The maximum atomic E-state index is 12.8. The Kier molecular flexibility index (Phi) is 4.51. The molecule has 0 atom stereocenters. The van der Waals surface area contributed by atoms with Crippen LogP contribution in [-0.4, -0.2) is 46.5 Å². The van der Waals surface area contributed by atoms with E-state index in [4.69, 9.17) is 14.2 Å². The number of rotatable bonds is 5. The molecule has 0 aliphatic carbocycles. The van der Waals surface area contributed by atoms with E-state index >= 15 is 0 Å². The van der Waals surface area contributed by atoms with Gasteiger partial charge in [-0.1, -0.05) is 0 Å². The molecule has 0 fully saturated rings. The number of aromatic nitrogens is 4. The maximum absolute atomic E-state index is 12.8. The zero-order chi connectivity index (χ0) is 20.5. The van der Waals surface area contributed by atoms with Gasteiger partial charge in [0.1, 0.15) is 0 Å². The van der Waals surface area contributed by atoms with E-state index in [1.54, 1.807) is 22.8 Å². The minimum atomic E-state index is -0.529. The lowest BCUT2D eigenvalue weighted by Crippen LogP contribution is -2.33. The summed E-state index contributed by atoms with van der Waals surface area (Å²) >= 11 is 0. The van der Waals surface area contributed by atoms with E-state index in [1.165, 1.54) is 45.9 Å². The van der Waals surface area contributed by atoms with Gasteiger partial charge in [-0.05, 0) is 18.2 Å². The van der Waals surface area contributed by atoms with Crippen LogP contribution in [0.25, 0.3) is 16.6 Å². The molecule has 29 heavy (non-hydrogen) atoms. The fraction of sp³-hybridized carbons (Fsp3) is 0.158. The van der Waals surface area contributed by atoms with E-state index in [9.17, 15) is 9.59 Å². The van der Waals surface area contributed by atoms with Crippen molar-refractivity contribution in [2.45, 2.75) is 0 Å². The Labute approximate surface area is 164 Å². The number of benzene rings is 1. The highest BCUT2D eigenvalue weighted by Crippen LogP contribution is 2.38. The van der Waals surface area contributed by atoms with E-state index in [2.05, 4.69) is 15.5 Å². The van der Waals surface area contributed by atoms with Crippen molar-refractivity contribution in [3.05, 3.63) is 58.8 Å². The first kappa shape index (κ1) is 18.3. The van der Waals surface area contributed by atoms with Gasteiger partial charge in [0, 0.05) is 24.0 Å². The Bertz CT molecular complexity index is 1270. The minimum Gasteiger partial charge on any atom is -0.493 e. The molecule has 0 bridgehead atoms. The Morgan fingerprint density at radius 2 is 1.79 bits per heavy atom. The first-order valence-electron chi connectivity index (χ1n) is 8.53. The van der Waals surface area contributed by atoms with Gasteiger partial charge in [-0.25, -0.2) is 14.2 Å². The molecule has 4 rings (SSSR count). The number of pyridine rings is 1. The van der Waals surface area contributed by atoms with E-state index in [0.29, 0.717) is 33.8 Å². The Balaban J connectivity index is 1.73. The molecular formula is C19H17N5O5. The predicted molar refractivity (Wildman–Crippen MR) is 105 cm³/mol. The van der Waals surface area contributed by atoms with Crippen LogP contribution in [0, 0.1) is 0 Å². The minimum absolute atomic E-state index is 0.229. The van der Waals surface area contributed by atoms with Crippen molar-refractivity contribution in [2.24, 2.45) is 0 Å². The lowest BCUT2D eigenvalue weighted by molar-refractivity contribution is 0.101. The number of fused-ring (bicyclic) bond motifs is 3. The van der Waals surface area contributed by atoms with Crippen molar-refractivity contribution in [1.82, 2.24) is 19.3 Å². The van der Waals surface area contributed by atoms with E-state index in [1.807, 2.05) is 0 Å². The van der Waals surface area contributed by atoms with Gasteiger partial charge < -0.3 is 14.2 Å². The zero-order valence-corrected chi connectivity index (χ0v) is 15.9. The molecule has 0 aliphatic rings. The fourth-order valence-electron chi connectivity index (χ4n) is 3.03. The third-order valence-corrected chi connectivity index (χ3v) is 4.43. The van der Waals surface area contributed by atoms with Gasteiger partial charge in [-0.3, -0.25) is 15.0 Å². The molecule has 1 amide bonds. The Hall–Kier alpha value is -4.08. The number of carbonyl (C=O) groups is 1. The highest BCUT2D eigenvalue weighted by Gasteiger charge is 2.18. The van der Waals surface area contributed by atoms with Crippen LogP contribution in [0.3, 0.4) is 0 Å². The number of methoxy groups -OCH3 is 3. The molecule has 0 spiro atoms. The summed E-state index contributed by atoms with van der Waals surface area (Å²) < 4.78 is 18.4. The van der Waals surface area contributed by atoms with E-state index in [0.717, 1.165) is 4.68 Å². The topological polar surface area (TPSA) is 109 Å². The highest BCUT2D eigenvalue weighted by atomic mass is 16.5. The Morgan fingerprint density at radius 1 is 1.07 bits per heavy atom. The fourth-order valence-corrected chi connectivity index (χ4v) is 3.03. The third kappa shape index (κ3) is 3.00. The van der Waals surface area contributed by atoms with Crippen LogP contribution < -0.4 is 25.2 Å². The molecule has 0 unspecified atom stereocenters. The van der Waals surface area contributed by atoms with Gasteiger partial charge in [0.2, 0.25) is 5.75 Å². The Morgan fingerprint density at radius 3 is 2.45 bits per heavy atom. The van der Waals surface area contributed by atoms with Gasteiger partial charge in [-0.15, -0.1) is 0 Å². The summed E-state index contributed by atoms with van der Waals surface area (Å²) in [6.07, 6.45) is 4.51. The molecule has 3 heterocycles. The quantitative estimate of drug-likeness (QED) is 0.545. The largest absolute Gasteiger partial charge is 0.493 e. The molecule has 1 aromatic carbocycles. The van der Waals surface area contributed by atoms with Gasteiger partial charge in [-0.2, -0.15) is 5.10 Å². The molecule has 3 aromatic heterocycles. The number of ether oxygens (including phenoxy) is 3. The maximum Gasteiger partial charge on any atom is 0.280 e.